The van der Waals surface area contributed by atoms with E-state index in [9.17, 15) is 4.79 Å². The highest BCUT2D eigenvalue weighted by Gasteiger charge is 2.11. The monoisotopic (exact) mass is 195 g/mol. The quantitative estimate of drug-likeness (QED) is 0.610. The molecule has 14 heavy (non-hydrogen) atoms. The highest BCUT2D eigenvalue weighted by atomic mass is 16.5. The Bertz CT molecular complexity index is 234. The van der Waals surface area contributed by atoms with Crippen molar-refractivity contribution in [3.8, 4) is 12.1 Å². The molecule has 0 saturated carbocycles. The van der Waals surface area contributed by atoms with Gasteiger partial charge in [-0.15, -0.1) is 0 Å². The minimum absolute atomic E-state index is 0.00312. The van der Waals surface area contributed by atoms with E-state index in [1.165, 1.54) is 12.0 Å². The summed E-state index contributed by atoms with van der Waals surface area (Å²) in [6.45, 7) is 0.720. The van der Waals surface area contributed by atoms with Crippen molar-refractivity contribution < 1.29 is 9.53 Å². The molecule has 0 heterocycles. The summed E-state index contributed by atoms with van der Waals surface area (Å²) in [6.07, 6.45) is 0.557. The summed E-state index contributed by atoms with van der Waals surface area (Å²) in [7, 11) is 1.44. The first-order valence-electron chi connectivity index (χ1n) is 4.26. The van der Waals surface area contributed by atoms with Crippen LogP contribution in [0.5, 0.6) is 0 Å². The summed E-state index contributed by atoms with van der Waals surface area (Å²) in [5, 5.41) is 16.7. The Morgan fingerprint density at radius 1 is 1.29 bits per heavy atom. The third kappa shape index (κ3) is 5.13. The van der Waals surface area contributed by atoms with Gasteiger partial charge in [-0.2, -0.15) is 10.5 Å². The van der Waals surface area contributed by atoms with E-state index in [-0.39, 0.29) is 25.4 Å². The summed E-state index contributed by atoms with van der Waals surface area (Å²) >= 11 is 0. The summed E-state index contributed by atoms with van der Waals surface area (Å²) in [4.78, 5) is 12.8. The van der Waals surface area contributed by atoms with Gasteiger partial charge in [-0.05, 0) is 0 Å². The molecule has 5 heteroatoms. The van der Waals surface area contributed by atoms with Gasteiger partial charge in [0.15, 0.2) is 0 Å². The molecule has 0 unspecified atom stereocenters. The largest absolute Gasteiger partial charge is 0.375 e. The highest BCUT2D eigenvalue weighted by molar-refractivity contribution is 5.77. The van der Waals surface area contributed by atoms with Crippen molar-refractivity contribution in [2.45, 2.75) is 12.8 Å². The fourth-order valence-corrected chi connectivity index (χ4v) is 0.946. The standard InChI is InChI=1S/C9H13N3O2/c1-14-8-9(13)12(6-2-4-10)7-3-5-11/h2-3,6-8H2,1H3. The van der Waals surface area contributed by atoms with Gasteiger partial charge < -0.3 is 9.64 Å². The maximum absolute atomic E-state index is 11.3. The van der Waals surface area contributed by atoms with Crippen molar-refractivity contribution in [2.24, 2.45) is 0 Å². The normalized spacial score (nSPS) is 8.79. The number of ether oxygens (including phenoxy) is 1. The van der Waals surface area contributed by atoms with Crippen LogP contribution in [0.15, 0.2) is 0 Å². The Hall–Kier alpha value is -1.59. The Morgan fingerprint density at radius 3 is 2.14 bits per heavy atom. The Morgan fingerprint density at radius 2 is 1.79 bits per heavy atom. The lowest BCUT2D eigenvalue weighted by molar-refractivity contribution is -0.135. The van der Waals surface area contributed by atoms with Crippen LogP contribution >= 0.6 is 0 Å². The van der Waals surface area contributed by atoms with Gasteiger partial charge in [-0.1, -0.05) is 0 Å². The van der Waals surface area contributed by atoms with Gasteiger partial charge in [0, 0.05) is 20.2 Å². The van der Waals surface area contributed by atoms with Gasteiger partial charge in [-0.25, -0.2) is 0 Å². The second-order valence-corrected chi connectivity index (χ2v) is 2.63. The van der Waals surface area contributed by atoms with E-state index in [2.05, 4.69) is 4.74 Å². The summed E-state index contributed by atoms with van der Waals surface area (Å²) in [5.41, 5.74) is 0. The Labute approximate surface area is 83.5 Å². The lowest BCUT2D eigenvalue weighted by Crippen LogP contribution is -2.35. The van der Waals surface area contributed by atoms with Crippen molar-refractivity contribution in [3.63, 3.8) is 0 Å². The van der Waals surface area contributed by atoms with E-state index in [0.29, 0.717) is 13.1 Å². The van der Waals surface area contributed by atoms with Crippen molar-refractivity contribution in [1.82, 2.24) is 4.90 Å². The van der Waals surface area contributed by atoms with E-state index in [1.54, 1.807) is 0 Å². The molecule has 5 nitrogen and oxygen atoms in total. The molecule has 0 spiro atoms. The number of nitrogens with zero attached hydrogens (tertiary/aromatic N) is 3. The molecule has 0 aliphatic heterocycles. The molecule has 0 rings (SSSR count). The number of hydrogen-bond donors (Lipinski definition) is 0. The van der Waals surface area contributed by atoms with Crippen LogP contribution in [-0.2, 0) is 9.53 Å². The average molecular weight is 195 g/mol. The third-order valence-corrected chi connectivity index (χ3v) is 1.61. The molecule has 0 atom stereocenters. The lowest BCUT2D eigenvalue weighted by atomic mass is 10.3. The predicted octanol–water partition coefficient (Wildman–Crippen LogP) is 0.289. The number of nitriles is 2. The average Bonchev–Trinajstić information content (AvgIpc) is 2.18. The molecule has 0 aromatic rings. The maximum Gasteiger partial charge on any atom is 0.248 e. The molecule has 0 bridgehead atoms. The number of amides is 1. The molecule has 0 saturated heterocycles. The zero-order valence-electron chi connectivity index (χ0n) is 8.19. The minimum Gasteiger partial charge on any atom is -0.375 e. The van der Waals surface area contributed by atoms with Gasteiger partial charge in [0.25, 0.3) is 0 Å². The minimum atomic E-state index is -0.182. The van der Waals surface area contributed by atoms with Crippen molar-refractivity contribution in [1.29, 1.82) is 10.5 Å². The van der Waals surface area contributed by atoms with Crippen LogP contribution < -0.4 is 0 Å². The van der Waals surface area contributed by atoms with Gasteiger partial charge in [0.05, 0.1) is 25.0 Å². The number of carbonyl (C=O) groups is 1. The molecule has 0 aromatic heterocycles. The highest BCUT2D eigenvalue weighted by Crippen LogP contribution is 1.95. The number of methoxy groups -OCH3 is 1. The van der Waals surface area contributed by atoms with Crippen molar-refractivity contribution >= 4 is 5.91 Å². The molecule has 0 fully saturated rings. The molecular weight excluding hydrogens is 182 g/mol. The number of carbonyl (C=O) groups excluding carboxylic acids is 1. The van der Waals surface area contributed by atoms with E-state index >= 15 is 0 Å². The van der Waals surface area contributed by atoms with Crippen molar-refractivity contribution in [2.75, 3.05) is 26.8 Å². The van der Waals surface area contributed by atoms with Gasteiger partial charge in [-0.3, -0.25) is 4.79 Å². The fourth-order valence-electron chi connectivity index (χ4n) is 0.946. The van der Waals surface area contributed by atoms with Crippen LogP contribution in [0, 0.1) is 22.7 Å². The van der Waals surface area contributed by atoms with E-state index in [4.69, 9.17) is 10.5 Å². The van der Waals surface area contributed by atoms with Crippen LogP contribution in [-0.4, -0.2) is 37.6 Å². The number of rotatable bonds is 6. The van der Waals surface area contributed by atoms with Crippen LogP contribution in [0.2, 0.25) is 0 Å². The predicted molar refractivity (Wildman–Crippen MR) is 48.9 cm³/mol. The second kappa shape index (κ2) is 8.03. The molecule has 0 N–H and O–H groups in total. The molecule has 76 valence electrons. The fraction of sp³-hybridized carbons (Fsp3) is 0.667. The molecular formula is C9H13N3O2. The Kier molecular flexibility index (Phi) is 7.12. The third-order valence-electron chi connectivity index (χ3n) is 1.61. The van der Waals surface area contributed by atoms with E-state index < -0.39 is 0 Å². The zero-order valence-corrected chi connectivity index (χ0v) is 8.19. The SMILES string of the molecule is COCC(=O)N(CCC#N)CCC#N. The zero-order chi connectivity index (χ0) is 10.8. The number of hydrogen-bond acceptors (Lipinski definition) is 4. The summed E-state index contributed by atoms with van der Waals surface area (Å²) in [5.74, 6) is -0.182. The lowest BCUT2D eigenvalue weighted by Gasteiger charge is -2.19. The summed E-state index contributed by atoms with van der Waals surface area (Å²) < 4.78 is 4.69. The van der Waals surface area contributed by atoms with Gasteiger partial charge in [0.1, 0.15) is 6.61 Å². The van der Waals surface area contributed by atoms with Gasteiger partial charge in [0.2, 0.25) is 5.91 Å². The first kappa shape index (κ1) is 12.4. The van der Waals surface area contributed by atoms with Crippen LogP contribution in [0.25, 0.3) is 0 Å². The van der Waals surface area contributed by atoms with Crippen LogP contribution in [0.1, 0.15) is 12.8 Å². The molecule has 1 amide bonds. The molecule has 0 aromatic carbocycles. The van der Waals surface area contributed by atoms with E-state index in [1.807, 2.05) is 12.1 Å². The second-order valence-electron chi connectivity index (χ2n) is 2.63. The molecule has 0 aliphatic carbocycles. The van der Waals surface area contributed by atoms with Crippen LogP contribution in [0.3, 0.4) is 0 Å². The maximum atomic E-state index is 11.3. The first-order chi connectivity index (χ1) is 6.76. The van der Waals surface area contributed by atoms with E-state index in [0.717, 1.165) is 0 Å². The van der Waals surface area contributed by atoms with Crippen LogP contribution in [0.4, 0.5) is 0 Å². The smallest absolute Gasteiger partial charge is 0.248 e. The van der Waals surface area contributed by atoms with Crippen molar-refractivity contribution in [3.05, 3.63) is 0 Å². The Balaban J connectivity index is 4.03. The molecule has 0 aliphatic rings. The molecule has 0 radical (unpaired) electrons. The first-order valence-corrected chi connectivity index (χ1v) is 4.26. The summed E-state index contributed by atoms with van der Waals surface area (Å²) in [6, 6.07) is 3.91. The van der Waals surface area contributed by atoms with Gasteiger partial charge >= 0.3 is 0 Å². The topological polar surface area (TPSA) is 77.1 Å².